The van der Waals surface area contributed by atoms with E-state index in [4.69, 9.17) is 0 Å². The molecule has 0 radical (unpaired) electrons. The van der Waals surface area contributed by atoms with Crippen molar-refractivity contribution >= 4 is 3.21 Å². The second-order valence-corrected chi connectivity index (χ2v) is 7.50. The van der Waals surface area contributed by atoms with Gasteiger partial charge in [-0.3, -0.25) is 12.2 Å². The summed E-state index contributed by atoms with van der Waals surface area (Å²) in [5.41, 5.74) is 4.06. The van der Waals surface area contributed by atoms with Crippen molar-refractivity contribution in [1.82, 2.24) is 0 Å². The van der Waals surface area contributed by atoms with Crippen LogP contribution in [-0.2, 0) is 24.2 Å². The number of hydrogen-bond acceptors (Lipinski definition) is 0. The first-order chi connectivity index (χ1) is 8.31. The van der Waals surface area contributed by atoms with E-state index in [2.05, 4.69) is 65.8 Å². The van der Waals surface area contributed by atoms with Gasteiger partial charge in [0.25, 0.3) is 0 Å². The normalized spacial score (nSPS) is 20.0. The predicted octanol–water partition coefficient (Wildman–Crippen LogP) is 4.77. The first-order valence-corrected chi connectivity index (χ1v) is 7.58. The van der Waals surface area contributed by atoms with E-state index >= 15 is 0 Å². The molecule has 0 spiro atoms. The molecular formula is C17H24Zr. The summed E-state index contributed by atoms with van der Waals surface area (Å²) in [5, 5.41) is 0. The maximum atomic E-state index is 3.19. The Morgan fingerprint density at radius 1 is 1.28 bits per heavy atom. The Morgan fingerprint density at radius 3 is 1.94 bits per heavy atom. The molecule has 2 rings (SSSR count). The fourth-order valence-electron chi connectivity index (χ4n) is 1.50. The van der Waals surface area contributed by atoms with Crippen LogP contribution in [-0.4, -0.2) is 3.21 Å². The van der Waals surface area contributed by atoms with Gasteiger partial charge in [-0.05, 0) is 0 Å². The van der Waals surface area contributed by atoms with E-state index in [-0.39, 0.29) is 0 Å². The molecule has 0 bridgehead atoms. The molecule has 0 nitrogen and oxygen atoms in total. The van der Waals surface area contributed by atoms with E-state index in [1.807, 2.05) is 6.08 Å². The van der Waals surface area contributed by atoms with Crippen molar-refractivity contribution < 1.29 is 24.2 Å². The number of allylic oxidation sites excluding steroid dienone is 8. The summed E-state index contributed by atoms with van der Waals surface area (Å²) in [6.07, 6.45) is 13.8. The van der Waals surface area contributed by atoms with Crippen LogP contribution < -0.4 is 0 Å². The van der Waals surface area contributed by atoms with Crippen molar-refractivity contribution in [2.24, 2.45) is 5.92 Å². The van der Waals surface area contributed by atoms with E-state index in [9.17, 15) is 0 Å². The van der Waals surface area contributed by atoms with Gasteiger partial charge in [0.1, 0.15) is 0 Å². The van der Waals surface area contributed by atoms with Gasteiger partial charge in [0.2, 0.25) is 0 Å². The van der Waals surface area contributed by atoms with Gasteiger partial charge in [0, 0.05) is 0 Å². The summed E-state index contributed by atoms with van der Waals surface area (Å²) in [6.45, 7) is 12.7. The summed E-state index contributed by atoms with van der Waals surface area (Å²) in [5.74, 6) is 0.556. The van der Waals surface area contributed by atoms with Crippen molar-refractivity contribution in [3.63, 3.8) is 0 Å². The monoisotopic (exact) mass is 318 g/mol. The summed E-state index contributed by atoms with van der Waals surface area (Å²) in [4.78, 5) is 0. The quantitative estimate of drug-likeness (QED) is 0.564. The molecule has 0 saturated heterocycles. The average Bonchev–Trinajstić information content (AvgIpc) is 2.76. The van der Waals surface area contributed by atoms with Crippen molar-refractivity contribution in [1.29, 1.82) is 0 Å². The Hall–Kier alpha value is -0.287. The third-order valence-corrected chi connectivity index (χ3v) is 2.20. The minimum absolute atomic E-state index is 0.556. The van der Waals surface area contributed by atoms with Gasteiger partial charge in [-0.2, -0.15) is 11.6 Å². The molecule has 0 aromatic carbocycles. The molecule has 96 valence electrons. The summed E-state index contributed by atoms with van der Waals surface area (Å²) in [7, 11) is 0. The predicted molar refractivity (Wildman–Crippen MR) is 77.9 cm³/mol. The van der Waals surface area contributed by atoms with E-state index in [0.717, 1.165) is 6.42 Å². The zero-order chi connectivity index (χ0) is 14.1. The van der Waals surface area contributed by atoms with Crippen LogP contribution in [0.3, 0.4) is 0 Å². The Balaban J connectivity index is 0.000000253. The summed E-state index contributed by atoms with van der Waals surface area (Å²) < 4.78 is 1.51. The summed E-state index contributed by atoms with van der Waals surface area (Å²) in [6, 6.07) is 0. The first-order valence-electron chi connectivity index (χ1n) is 6.35. The zero-order valence-electron chi connectivity index (χ0n) is 12.5. The van der Waals surface area contributed by atoms with Crippen LogP contribution in [0.1, 0.15) is 48.0 Å². The SMILES string of the molecule is CC1=CC(C)[C-]=C1.CC1=[C-]CC(C)=C1.C[C](C)=[Zr+2]. The van der Waals surface area contributed by atoms with Crippen LogP contribution in [0.15, 0.2) is 34.9 Å². The van der Waals surface area contributed by atoms with Gasteiger partial charge in [-0.1, -0.05) is 26.7 Å². The maximum absolute atomic E-state index is 3.19. The molecule has 0 amide bonds. The molecular weight excluding hydrogens is 295 g/mol. The van der Waals surface area contributed by atoms with Gasteiger partial charge >= 0.3 is 41.3 Å². The third kappa shape index (κ3) is 10.8. The molecule has 0 N–H and O–H groups in total. The molecule has 0 aromatic heterocycles. The van der Waals surface area contributed by atoms with Gasteiger partial charge in [-0.25, -0.2) is 23.3 Å². The molecule has 2 aliphatic carbocycles. The van der Waals surface area contributed by atoms with Crippen LogP contribution in [0.25, 0.3) is 0 Å². The van der Waals surface area contributed by atoms with Crippen LogP contribution in [0.5, 0.6) is 0 Å². The van der Waals surface area contributed by atoms with Crippen LogP contribution >= 0.6 is 0 Å². The number of rotatable bonds is 0. The molecule has 2 aliphatic rings. The standard InChI is InChI=1S/2C7H9.C3H6.Zr/c2*1-6-3-4-7(2)5-6;1-3-2;/h5H,3H2,1-2H3;3,5,7H,1-2H3;1-2H3;/q2*-1;;+2. The minimum atomic E-state index is 0.556. The third-order valence-electron chi connectivity index (χ3n) is 2.20. The van der Waals surface area contributed by atoms with Crippen LogP contribution in [0, 0.1) is 18.1 Å². The first kappa shape index (κ1) is 17.7. The second kappa shape index (κ2) is 9.62. The molecule has 1 unspecified atom stereocenters. The van der Waals surface area contributed by atoms with Crippen molar-refractivity contribution in [2.45, 2.75) is 48.0 Å². The molecule has 0 aliphatic heterocycles. The average molecular weight is 320 g/mol. The Morgan fingerprint density at radius 2 is 1.83 bits per heavy atom. The van der Waals surface area contributed by atoms with Crippen molar-refractivity contribution in [2.75, 3.05) is 0 Å². The molecule has 0 saturated carbocycles. The van der Waals surface area contributed by atoms with E-state index in [1.165, 1.54) is 19.9 Å². The summed E-state index contributed by atoms with van der Waals surface area (Å²) >= 11 is 1.55. The van der Waals surface area contributed by atoms with Gasteiger partial charge in [0.15, 0.2) is 0 Å². The molecule has 0 fully saturated rings. The van der Waals surface area contributed by atoms with Crippen molar-refractivity contribution in [3.05, 3.63) is 47.1 Å². The molecule has 18 heavy (non-hydrogen) atoms. The fraction of sp³-hybridized carbons (Fsp3) is 0.471. The molecule has 1 atom stereocenters. The fourth-order valence-corrected chi connectivity index (χ4v) is 1.50. The van der Waals surface area contributed by atoms with Crippen LogP contribution in [0.4, 0.5) is 0 Å². The Bertz CT molecular complexity index is 388. The Kier molecular flexibility index (Phi) is 9.46. The van der Waals surface area contributed by atoms with E-state index < -0.39 is 0 Å². The van der Waals surface area contributed by atoms with Crippen LogP contribution in [0.2, 0.25) is 0 Å². The topological polar surface area (TPSA) is 0 Å². The molecule has 0 aromatic rings. The van der Waals surface area contributed by atoms with Gasteiger partial charge in [-0.15, -0.1) is 13.3 Å². The van der Waals surface area contributed by atoms with Gasteiger partial charge < -0.3 is 0 Å². The van der Waals surface area contributed by atoms with E-state index in [1.54, 1.807) is 24.2 Å². The number of hydrogen-bond donors (Lipinski definition) is 0. The Labute approximate surface area is 128 Å². The molecule has 0 heterocycles. The van der Waals surface area contributed by atoms with E-state index in [0.29, 0.717) is 5.92 Å². The molecule has 1 heteroatoms. The van der Waals surface area contributed by atoms with Crippen molar-refractivity contribution in [3.8, 4) is 0 Å². The zero-order valence-corrected chi connectivity index (χ0v) is 15.0. The second-order valence-electron chi connectivity index (χ2n) is 5.04. The van der Waals surface area contributed by atoms with Gasteiger partial charge in [0.05, 0.1) is 0 Å².